The summed E-state index contributed by atoms with van der Waals surface area (Å²) in [6.07, 6.45) is 2.00. The van der Waals surface area contributed by atoms with E-state index in [1.54, 1.807) is 11.8 Å². The SMILES string of the molecule is CSc1ccc2cc(C(C)C)c(=O)oc2c1. The molecule has 0 aliphatic carbocycles. The van der Waals surface area contributed by atoms with Gasteiger partial charge in [-0.2, -0.15) is 0 Å². The lowest BCUT2D eigenvalue weighted by atomic mass is 10.0. The van der Waals surface area contributed by atoms with E-state index in [-0.39, 0.29) is 11.5 Å². The Morgan fingerprint density at radius 1 is 1.25 bits per heavy atom. The van der Waals surface area contributed by atoms with Crippen molar-refractivity contribution in [3.63, 3.8) is 0 Å². The van der Waals surface area contributed by atoms with Crippen molar-refractivity contribution in [3.8, 4) is 0 Å². The van der Waals surface area contributed by atoms with E-state index in [2.05, 4.69) is 0 Å². The van der Waals surface area contributed by atoms with Crippen LogP contribution in [0, 0.1) is 0 Å². The molecule has 3 heteroatoms. The number of hydrogen-bond donors (Lipinski definition) is 0. The van der Waals surface area contributed by atoms with Crippen LogP contribution in [0.3, 0.4) is 0 Å². The summed E-state index contributed by atoms with van der Waals surface area (Å²) in [6.45, 7) is 3.99. The lowest BCUT2D eigenvalue weighted by Gasteiger charge is -2.05. The Balaban J connectivity index is 2.69. The molecule has 1 aromatic carbocycles. The molecule has 16 heavy (non-hydrogen) atoms. The summed E-state index contributed by atoms with van der Waals surface area (Å²) >= 11 is 1.64. The molecule has 1 aromatic heterocycles. The smallest absolute Gasteiger partial charge is 0.339 e. The maximum atomic E-state index is 11.7. The number of fused-ring (bicyclic) bond motifs is 1. The molecule has 0 saturated heterocycles. The van der Waals surface area contributed by atoms with E-state index in [0.29, 0.717) is 5.58 Å². The fourth-order valence-electron chi connectivity index (χ4n) is 1.64. The zero-order valence-corrected chi connectivity index (χ0v) is 10.4. The van der Waals surface area contributed by atoms with E-state index < -0.39 is 0 Å². The van der Waals surface area contributed by atoms with Crippen LogP contribution in [-0.4, -0.2) is 6.26 Å². The molecule has 2 rings (SSSR count). The van der Waals surface area contributed by atoms with Crippen molar-refractivity contribution >= 4 is 22.7 Å². The Hall–Kier alpha value is -1.22. The zero-order valence-electron chi connectivity index (χ0n) is 9.61. The summed E-state index contributed by atoms with van der Waals surface area (Å²) < 4.78 is 5.33. The first-order chi connectivity index (χ1) is 7.61. The molecule has 0 unspecified atom stereocenters. The minimum atomic E-state index is -0.222. The third-order valence-corrected chi connectivity index (χ3v) is 3.32. The highest BCUT2D eigenvalue weighted by atomic mass is 32.2. The third-order valence-electron chi connectivity index (χ3n) is 2.59. The van der Waals surface area contributed by atoms with Crippen LogP contribution in [0.2, 0.25) is 0 Å². The molecule has 0 aliphatic heterocycles. The topological polar surface area (TPSA) is 30.2 Å². The van der Waals surface area contributed by atoms with E-state index in [0.717, 1.165) is 15.8 Å². The molecule has 0 saturated carbocycles. The number of thioether (sulfide) groups is 1. The molecule has 0 bridgehead atoms. The summed E-state index contributed by atoms with van der Waals surface area (Å²) in [5.41, 5.74) is 1.19. The first-order valence-corrected chi connectivity index (χ1v) is 6.46. The second-order valence-electron chi connectivity index (χ2n) is 4.05. The van der Waals surface area contributed by atoms with Gasteiger partial charge in [-0.15, -0.1) is 11.8 Å². The van der Waals surface area contributed by atoms with Gasteiger partial charge in [-0.25, -0.2) is 4.79 Å². The highest BCUT2D eigenvalue weighted by Crippen LogP contribution is 2.23. The van der Waals surface area contributed by atoms with Crippen LogP contribution in [0.1, 0.15) is 25.3 Å². The van der Waals surface area contributed by atoms with Crippen LogP contribution >= 0.6 is 11.8 Å². The van der Waals surface area contributed by atoms with E-state index in [1.807, 2.05) is 44.4 Å². The Morgan fingerprint density at radius 3 is 2.62 bits per heavy atom. The van der Waals surface area contributed by atoms with Gasteiger partial charge in [0, 0.05) is 15.8 Å². The first kappa shape index (κ1) is 11.3. The fourth-order valence-corrected chi connectivity index (χ4v) is 2.07. The van der Waals surface area contributed by atoms with Crippen LogP contribution in [0.5, 0.6) is 0 Å². The molecule has 0 amide bonds. The summed E-state index contributed by atoms with van der Waals surface area (Å²) in [4.78, 5) is 12.8. The van der Waals surface area contributed by atoms with Gasteiger partial charge in [0.05, 0.1) is 0 Å². The maximum absolute atomic E-state index is 11.7. The number of hydrogen-bond acceptors (Lipinski definition) is 3. The van der Waals surface area contributed by atoms with Crippen molar-refractivity contribution < 1.29 is 4.42 Å². The summed E-state index contributed by atoms with van der Waals surface area (Å²) in [6, 6.07) is 7.87. The van der Waals surface area contributed by atoms with Crippen molar-refractivity contribution in [1.29, 1.82) is 0 Å². The Kier molecular flexibility index (Phi) is 3.06. The summed E-state index contributed by atoms with van der Waals surface area (Å²) in [7, 11) is 0. The Bertz CT molecular complexity index is 570. The maximum Gasteiger partial charge on any atom is 0.339 e. The Labute approximate surface area is 98.7 Å². The van der Waals surface area contributed by atoms with Crippen molar-refractivity contribution in [2.45, 2.75) is 24.7 Å². The second-order valence-corrected chi connectivity index (χ2v) is 4.93. The van der Waals surface area contributed by atoms with Gasteiger partial charge in [-0.05, 0) is 30.4 Å². The van der Waals surface area contributed by atoms with Crippen molar-refractivity contribution in [2.75, 3.05) is 6.26 Å². The van der Waals surface area contributed by atoms with E-state index >= 15 is 0 Å². The van der Waals surface area contributed by atoms with Crippen LogP contribution < -0.4 is 5.63 Å². The van der Waals surface area contributed by atoms with Gasteiger partial charge < -0.3 is 4.42 Å². The van der Waals surface area contributed by atoms with Gasteiger partial charge in [-0.1, -0.05) is 19.9 Å². The molecule has 0 spiro atoms. The highest BCUT2D eigenvalue weighted by Gasteiger charge is 2.08. The van der Waals surface area contributed by atoms with Crippen LogP contribution in [0.4, 0.5) is 0 Å². The molecule has 0 radical (unpaired) electrons. The van der Waals surface area contributed by atoms with Gasteiger partial charge in [0.1, 0.15) is 5.58 Å². The predicted molar refractivity (Wildman–Crippen MR) is 68.4 cm³/mol. The van der Waals surface area contributed by atoms with Crippen molar-refractivity contribution in [2.24, 2.45) is 0 Å². The molecule has 0 atom stereocenters. The van der Waals surface area contributed by atoms with Crippen LogP contribution in [0.15, 0.2) is 38.4 Å². The van der Waals surface area contributed by atoms with Gasteiger partial charge in [0.15, 0.2) is 0 Å². The predicted octanol–water partition coefficient (Wildman–Crippen LogP) is 3.64. The zero-order chi connectivity index (χ0) is 11.7. The lowest BCUT2D eigenvalue weighted by Crippen LogP contribution is -2.08. The quantitative estimate of drug-likeness (QED) is 0.587. The van der Waals surface area contributed by atoms with Gasteiger partial charge in [0.25, 0.3) is 0 Å². The van der Waals surface area contributed by atoms with Crippen molar-refractivity contribution in [3.05, 3.63) is 40.2 Å². The molecular formula is C13H14O2S. The molecule has 2 nitrogen and oxygen atoms in total. The van der Waals surface area contributed by atoms with Crippen molar-refractivity contribution in [1.82, 2.24) is 0 Å². The van der Waals surface area contributed by atoms with Gasteiger partial charge >= 0.3 is 5.63 Å². The molecule has 2 aromatic rings. The van der Waals surface area contributed by atoms with E-state index in [9.17, 15) is 4.79 Å². The molecular weight excluding hydrogens is 220 g/mol. The second kappa shape index (κ2) is 4.34. The number of benzene rings is 1. The minimum Gasteiger partial charge on any atom is -0.422 e. The third kappa shape index (κ3) is 2.00. The van der Waals surface area contributed by atoms with Gasteiger partial charge in [-0.3, -0.25) is 0 Å². The monoisotopic (exact) mass is 234 g/mol. The highest BCUT2D eigenvalue weighted by molar-refractivity contribution is 7.98. The summed E-state index contributed by atoms with van der Waals surface area (Å²) in [5.74, 6) is 0.195. The molecule has 0 fully saturated rings. The van der Waals surface area contributed by atoms with Crippen LogP contribution in [-0.2, 0) is 0 Å². The average Bonchev–Trinajstić information content (AvgIpc) is 2.27. The first-order valence-electron chi connectivity index (χ1n) is 5.23. The van der Waals surface area contributed by atoms with Crippen LogP contribution in [0.25, 0.3) is 11.0 Å². The molecule has 1 heterocycles. The molecule has 0 aliphatic rings. The normalized spacial score (nSPS) is 11.2. The standard InChI is InChI=1S/C13H14O2S/c1-8(2)11-6-9-4-5-10(16-3)7-12(9)15-13(11)14/h4-8H,1-3H3. The lowest BCUT2D eigenvalue weighted by molar-refractivity contribution is 0.543. The van der Waals surface area contributed by atoms with E-state index in [1.165, 1.54) is 0 Å². The molecule has 84 valence electrons. The van der Waals surface area contributed by atoms with E-state index in [4.69, 9.17) is 4.42 Å². The molecule has 0 N–H and O–H groups in total. The Morgan fingerprint density at radius 2 is 2.00 bits per heavy atom. The largest absolute Gasteiger partial charge is 0.422 e. The van der Waals surface area contributed by atoms with Gasteiger partial charge in [0.2, 0.25) is 0 Å². The number of rotatable bonds is 2. The fraction of sp³-hybridized carbons (Fsp3) is 0.308. The minimum absolute atomic E-state index is 0.195. The summed E-state index contributed by atoms with van der Waals surface area (Å²) in [5, 5.41) is 0.987. The average molecular weight is 234 g/mol.